The molecule has 0 radical (unpaired) electrons. The van der Waals surface area contributed by atoms with E-state index in [9.17, 15) is 9.90 Å². The molecule has 2 aromatic carbocycles. The van der Waals surface area contributed by atoms with Gasteiger partial charge in [0.25, 0.3) is 5.91 Å². The summed E-state index contributed by atoms with van der Waals surface area (Å²) < 4.78 is 0. The molecule has 0 heterocycles. The van der Waals surface area contributed by atoms with Crippen LogP contribution in [0, 0.1) is 0 Å². The average molecular weight is 383 g/mol. The standard InChI is InChI=1S/C24H34N2O2/c1-24(2,3)26-23(28)21-15-13-19(14-16-21)10-6-5-9-17-25-18-22(27)20-11-7-4-8-12-20/h4,7-8,11-16,22,25,27H,5-6,9-10,17-18H2,1-3H3,(H,26,28). The number of aliphatic hydroxyl groups is 1. The molecule has 1 unspecified atom stereocenters. The normalized spacial score (nSPS) is 12.6. The lowest BCUT2D eigenvalue weighted by Crippen LogP contribution is -2.40. The molecule has 3 N–H and O–H groups in total. The predicted octanol–water partition coefficient (Wildman–Crippen LogP) is 4.25. The second kappa shape index (κ2) is 11.0. The Bertz CT molecular complexity index is 706. The van der Waals surface area contributed by atoms with E-state index in [-0.39, 0.29) is 11.4 Å². The first-order chi connectivity index (χ1) is 13.3. The van der Waals surface area contributed by atoms with E-state index >= 15 is 0 Å². The van der Waals surface area contributed by atoms with Crippen molar-refractivity contribution in [1.29, 1.82) is 0 Å². The van der Waals surface area contributed by atoms with Gasteiger partial charge < -0.3 is 15.7 Å². The molecule has 2 rings (SSSR count). The summed E-state index contributed by atoms with van der Waals surface area (Å²) in [6.45, 7) is 7.45. The largest absolute Gasteiger partial charge is 0.387 e. The number of aliphatic hydroxyl groups excluding tert-OH is 1. The second-order valence-electron chi connectivity index (χ2n) is 8.34. The molecule has 0 saturated carbocycles. The minimum absolute atomic E-state index is 0.0252. The highest BCUT2D eigenvalue weighted by molar-refractivity contribution is 5.94. The minimum Gasteiger partial charge on any atom is -0.387 e. The summed E-state index contributed by atoms with van der Waals surface area (Å²) in [5.41, 5.74) is 2.70. The number of rotatable bonds is 10. The van der Waals surface area contributed by atoms with Gasteiger partial charge in [-0.1, -0.05) is 48.9 Å². The number of carbonyl (C=O) groups excluding carboxylic acids is 1. The summed E-state index contributed by atoms with van der Waals surface area (Å²) in [4.78, 5) is 12.1. The van der Waals surface area contributed by atoms with E-state index < -0.39 is 6.10 Å². The highest BCUT2D eigenvalue weighted by Gasteiger charge is 2.14. The van der Waals surface area contributed by atoms with Gasteiger partial charge in [-0.15, -0.1) is 0 Å². The number of benzene rings is 2. The Morgan fingerprint density at radius 2 is 1.64 bits per heavy atom. The Balaban J connectivity index is 1.59. The van der Waals surface area contributed by atoms with Crippen molar-refractivity contribution in [3.8, 4) is 0 Å². The van der Waals surface area contributed by atoms with Gasteiger partial charge in [-0.2, -0.15) is 0 Å². The monoisotopic (exact) mass is 382 g/mol. The lowest BCUT2D eigenvalue weighted by atomic mass is 10.0. The maximum atomic E-state index is 12.1. The Morgan fingerprint density at radius 3 is 2.29 bits per heavy atom. The number of unbranched alkanes of at least 4 members (excludes halogenated alkanes) is 2. The van der Waals surface area contributed by atoms with E-state index in [1.165, 1.54) is 5.56 Å². The van der Waals surface area contributed by atoms with Crippen LogP contribution in [0.5, 0.6) is 0 Å². The van der Waals surface area contributed by atoms with Crippen molar-refractivity contribution in [2.24, 2.45) is 0 Å². The molecule has 0 spiro atoms. The molecule has 0 aromatic heterocycles. The molecule has 152 valence electrons. The fourth-order valence-corrected chi connectivity index (χ4v) is 3.02. The van der Waals surface area contributed by atoms with Crippen molar-refractivity contribution < 1.29 is 9.90 Å². The summed E-state index contributed by atoms with van der Waals surface area (Å²) >= 11 is 0. The van der Waals surface area contributed by atoms with Crippen LogP contribution in [0.15, 0.2) is 54.6 Å². The zero-order chi connectivity index (χ0) is 20.4. The topological polar surface area (TPSA) is 61.4 Å². The summed E-state index contributed by atoms with van der Waals surface area (Å²) in [5, 5.41) is 16.4. The zero-order valence-corrected chi connectivity index (χ0v) is 17.4. The van der Waals surface area contributed by atoms with Crippen molar-refractivity contribution in [2.45, 2.75) is 58.1 Å². The van der Waals surface area contributed by atoms with Crippen LogP contribution < -0.4 is 10.6 Å². The van der Waals surface area contributed by atoms with Crippen LogP contribution in [0.25, 0.3) is 0 Å². The molecule has 0 bridgehead atoms. The third-order valence-electron chi connectivity index (χ3n) is 4.55. The van der Waals surface area contributed by atoms with E-state index in [0.29, 0.717) is 12.1 Å². The SMILES string of the molecule is CC(C)(C)NC(=O)c1ccc(CCCCCNCC(O)c2ccccc2)cc1. The van der Waals surface area contributed by atoms with Gasteiger partial charge in [0.05, 0.1) is 6.10 Å². The first kappa shape index (κ1) is 22.1. The van der Waals surface area contributed by atoms with Gasteiger partial charge in [-0.3, -0.25) is 4.79 Å². The van der Waals surface area contributed by atoms with Crippen LogP contribution in [0.4, 0.5) is 0 Å². The number of hydrogen-bond donors (Lipinski definition) is 3. The van der Waals surface area contributed by atoms with E-state index in [1.807, 2.05) is 75.4 Å². The van der Waals surface area contributed by atoms with Crippen LogP contribution in [-0.2, 0) is 6.42 Å². The lowest BCUT2D eigenvalue weighted by molar-refractivity contribution is 0.0919. The van der Waals surface area contributed by atoms with Crippen molar-refractivity contribution in [1.82, 2.24) is 10.6 Å². The molecule has 0 saturated heterocycles. The van der Waals surface area contributed by atoms with Crippen molar-refractivity contribution in [3.63, 3.8) is 0 Å². The summed E-state index contributed by atoms with van der Waals surface area (Å²) in [6.07, 6.45) is 3.92. The van der Waals surface area contributed by atoms with Crippen molar-refractivity contribution in [2.75, 3.05) is 13.1 Å². The van der Waals surface area contributed by atoms with E-state index in [2.05, 4.69) is 10.6 Å². The molecular weight excluding hydrogens is 348 g/mol. The fraction of sp³-hybridized carbons (Fsp3) is 0.458. The molecular formula is C24H34N2O2. The summed E-state index contributed by atoms with van der Waals surface area (Å²) in [7, 11) is 0. The van der Waals surface area contributed by atoms with Gasteiger partial charge >= 0.3 is 0 Å². The Hall–Kier alpha value is -2.17. The summed E-state index contributed by atoms with van der Waals surface area (Å²) in [5.74, 6) is -0.0252. The molecule has 28 heavy (non-hydrogen) atoms. The highest BCUT2D eigenvalue weighted by atomic mass is 16.3. The molecule has 1 atom stereocenters. The first-order valence-electron chi connectivity index (χ1n) is 10.2. The molecule has 1 amide bonds. The lowest BCUT2D eigenvalue weighted by Gasteiger charge is -2.20. The molecule has 4 heteroatoms. The molecule has 0 aliphatic rings. The number of aryl methyl sites for hydroxylation is 1. The Kier molecular flexibility index (Phi) is 8.68. The van der Waals surface area contributed by atoms with Gasteiger partial charge in [-0.05, 0) is 69.8 Å². The fourth-order valence-electron chi connectivity index (χ4n) is 3.02. The minimum atomic E-state index is -0.449. The van der Waals surface area contributed by atoms with E-state index in [0.717, 1.165) is 37.8 Å². The Labute approximate surface area is 169 Å². The Morgan fingerprint density at radius 1 is 0.964 bits per heavy atom. The van der Waals surface area contributed by atoms with Gasteiger partial charge in [0.15, 0.2) is 0 Å². The van der Waals surface area contributed by atoms with Crippen LogP contribution in [0.2, 0.25) is 0 Å². The van der Waals surface area contributed by atoms with Crippen LogP contribution in [0.1, 0.15) is 67.6 Å². The molecule has 0 fully saturated rings. The molecule has 2 aromatic rings. The number of hydrogen-bond acceptors (Lipinski definition) is 3. The molecule has 0 aliphatic carbocycles. The smallest absolute Gasteiger partial charge is 0.251 e. The second-order valence-corrected chi connectivity index (χ2v) is 8.34. The maximum Gasteiger partial charge on any atom is 0.251 e. The van der Waals surface area contributed by atoms with Gasteiger partial charge in [0.2, 0.25) is 0 Å². The van der Waals surface area contributed by atoms with Crippen LogP contribution >= 0.6 is 0 Å². The van der Waals surface area contributed by atoms with Crippen molar-refractivity contribution in [3.05, 3.63) is 71.3 Å². The van der Waals surface area contributed by atoms with E-state index in [4.69, 9.17) is 0 Å². The zero-order valence-electron chi connectivity index (χ0n) is 17.4. The predicted molar refractivity (Wildman–Crippen MR) is 115 cm³/mol. The average Bonchev–Trinajstić information content (AvgIpc) is 2.67. The maximum absolute atomic E-state index is 12.1. The summed E-state index contributed by atoms with van der Waals surface area (Å²) in [6, 6.07) is 17.7. The molecule has 4 nitrogen and oxygen atoms in total. The molecule has 0 aliphatic heterocycles. The number of nitrogens with one attached hydrogen (secondary N) is 2. The quantitative estimate of drug-likeness (QED) is 0.538. The van der Waals surface area contributed by atoms with Gasteiger partial charge in [-0.25, -0.2) is 0 Å². The third kappa shape index (κ3) is 8.24. The van der Waals surface area contributed by atoms with Crippen molar-refractivity contribution >= 4 is 5.91 Å². The highest BCUT2D eigenvalue weighted by Crippen LogP contribution is 2.12. The number of amides is 1. The van der Waals surface area contributed by atoms with Crippen LogP contribution in [0.3, 0.4) is 0 Å². The van der Waals surface area contributed by atoms with E-state index in [1.54, 1.807) is 0 Å². The first-order valence-corrected chi connectivity index (χ1v) is 10.2. The van der Waals surface area contributed by atoms with Crippen LogP contribution in [-0.4, -0.2) is 29.6 Å². The van der Waals surface area contributed by atoms with Gasteiger partial charge in [0, 0.05) is 17.6 Å². The number of carbonyl (C=O) groups is 1. The third-order valence-corrected chi connectivity index (χ3v) is 4.55. The van der Waals surface area contributed by atoms with Gasteiger partial charge in [0.1, 0.15) is 0 Å².